The van der Waals surface area contributed by atoms with E-state index in [9.17, 15) is 14.4 Å². The minimum absolute atomic E-state index is 0.000138. The Balaban J connectivity index is 1.20. The third-order valence-corrected chi connectivity index (χ3v) is 10.7. The van der Waals surface area contributed by atoms with Gasteiger partial charge in [0.1, 0.15) is 35.8 Å². The first-order valence-corrected chi connectivity index (χ1v) is 17.5. The summed E-state index contributed by atoms with van der Waals surface area (Å²) in [5, 5.41) is -0.0330. The van der Waals surface area contributed by atoms with Gasteiger partial charge in [0.05, 0.1) is 18.7 Å². The van der Waals surface area contributed by atoms with E-state index < -0.39 is 35.3 Å². The Bertz CT molecular complexity index is 1780. The number of nitrogens with zero attached hydrogens (tertiary/aromatic N) is 4. The smallest absolute Gasteiger partial charge is 0.309 e. The molecule has 1 saturated heterocycles. The number of anilines is 1. The van der Waals surface area contributed by atoms with Crippen LogP contribution in [0.1, 0.15) is 108 Å². The fraction of sp³-hybridized carbons (Fsp3) is 0.611. The van der Waals surface area contributed by atoms with Crippen LogP contribution >= 0.6 is 11.6 Å². The maximum absolute atomic E-state index is 13.5. The quantitative estimate of drug-likeness (QED) is 0.149. The molecule has 3 atom stereocenters. The lowest BCUT2D eigenvalue weighted by molar-refractivity contribution is -0.182. The van der Waals surface area contributed by atoms with E-state index in [0.29, 0.717) is 16.9 Å². The third kappa shape index (κ3) is 7.12. The van der Waals surface area contributed by atoms with Gasteiger partial charge in [0.15, 0.2) is 11.5 Å². The van der Waals surface area contributed by atoms with Crippen molar-refractivity contribution in [2.24, 2.45) is 11.3 Å². The highest BCUT2D eigenvalue weighted by molar-refractivity contribution is 6.28. The molecule has 0 amide bonds. The number of carbonyl (C=O) groups excluding carboxylic acids is 3. The Morgan fingerprint density at radius 3 is 2.53 bits per heavy atom. The van der Waals surface area contributed by atoms with Crippen LogP contribution in [0.2, 0.25) is 5.28 Å². The van der Waals surface area contributed by atoms with E-state index in [-0.39, 0.29) is 47.9 Å². The van der Waals surface area contributed by atoms with E-state index in [4.69, 9.17) is 36.3 Å². The van der Waals surface area contributed by atoms with Gasteiger partial charge in [0.2, 0.25) is 5.28 Å². The van der Waals surface area contributed by atoms with E-state index in [1.54, 1.807) is 23.9 Å². The second-order valence-electron chi connectivity index (χ2n) is 15.2. The molecule has 1 aromatic carbocycles. The normalized spacial score (nSPS) is 23.7. The lowest BCUT2D eigenvalue weighted by atomic mass is 9.56. The number of nitrogens with two attached hydrogens (primary N) is 1. The van der Waals surface area contributed by atoms with Gasteiger partial charge in [0.25, 0.3) is 0 Å². The third-order valence-electron chi connectivity index (χ3n) is 10.6. The van der Waals surface area contributed by atoms with E-state index in [1.807, 2.05) is 33.8 Å². The largest absolute Gasteiger partial charge is 0.462 e. The number of esters is 3. The van der Waals surface area contributed by atoms with Crippen molar-refractivity contribution < 1.29 is 33.3 Å². The number of nitrogen functional groups attached to an aromatic ring is 1. The number of aromatic nitrogens is 4. The number of benzene rings is 1. The SMILES string of the molecule is CC(=O)Oc1cc(C)cc(C)c1C(C)(C)CC(=O)OC[C@@]1(C)O[C@@H](n2cnc3c(N)nc(Cl)nc32)C[C@@H]1OC(=O)C1CC2(CCCCC2)C1. The second-order valence-corrected chi connectivity index (χ2v) is 15.5. The monoisotopic (exact) mass is 695 g/mol. The Kier molecular flexibility index (Phi) is 9.42. The first-order valence-electron chi connectivity index (χ1n) is 17.1. The summed E-state index contributed by atoms with van der Waals surface area (Å²) in [7, 11) is 0. The van der Waals surface area contributed by atoms with Crippen LogP contribution in [0.4, 0.5) is 5.82 Å². The number of imidazole rings is 1. The van der Waals surface area contributed by atoms with Crippen molar-refractivity contribution in [3.05, 3.63) is 40.4 Å². The van der Waals surface area contributed by atoms with Gasteiger partial charge in [-0.05, 0) is 80.7 Å². The lowest BCUT2D eigenvalue weighted by Gasteiger charge is -2.49. The van der Waals surface area contributed by atoms with Gasteiger partial charge in [0, 0.05) is 24.3 Å². The Morgan fingerprint density at radius 2 is 1.84 bits per heavy atom. The highest BCUT2D eigenvalue weighted by atomic mass is 35.5. The predicted molar refractivity (Wildman–Crippen MR) is 182 cm³/mol. The van der Waals surface area contributed by atoms with E-state index >= 15 is 0 Å². The predicted octanol–water partition coefficient (Wildman–Crippen LogP) is 6.47. The van der Waals surface area contributed by atoms with Crippen molar-refractivity contribution in [2.45, 2.75) is 123 Å². The fourth-order valence-electron chi connectivity index (χ4n) is 8.31. The average molecular weight is 696 g/mol. The van der Waals surface area contributed by atoms with Crippen molar-refractivity contribution in [3.63, 3.8) is 0 Å². The molecule has 0 unspecified atom stereocenters. The molecule has 1 spiro atoms. The zero-order valence-electron chi connectivity index (χ0n) is 29.1. The highest BCUT2D eigenvalue weighted by Crippen LogP contribution is 2.55. The molecular formula is C36H46ClN5O7. The molecule has 49 heavy (non-hydrogen) atoms. The molecule has 13 heteroatoms. The first-order chi connectivity index (χ1) is 23.1. The van der Waals surface area contributed by atoms with Crippen LogP contribution in [-0.4, -0.2) is 55.7 Å². The van der Waals surface area contributed by atoms with Gasteiger partial charge >= 0.3 is 17.9 Å². The van der Waals surface area contributed by atoms with Crippen molar-refractivity contribution in [1.82, 2.24) is 19.5 Å². The van der Waals surface area contributed by atoms with Gasteiger partial charge in [-0.15, -0.1) is 0 Å². The average Bonchev–Trinajstić information content (AvgIpc) is 3.55. The molecule has 6 rings (SSSR count). The molecule has 12 nitrogen and oxygen atoms in total. The summed E-state index contributed by atoms with van der Waals surface area (Å²) in [6.07, 6.45) is 8.13. The molecule has 264 valence electrons. The van der Waals surface area contributed by atoms with Crippen LogP contribution in [0.3, 0.4) is 0 Å². The van der Waals surface area contributed by atoms with E-state index in [2.05, 4.69) is 15.0 Å². The number of halogens is 1. The molecule has 2 N–H and O–H groups in total. The summed E-state index contributed by atoms with van der Waals surface area (Å²) in [5.41, 5.74) is 7.74. The minimum atomic E-state index is -1.19. The van der Waals surface area contributed by atoms with Crippen LogP contribution in [0.15, 0.2) is 18.5 Å². The maximum atomic E-state index is 13.5. The van der Waals surface area contributed by atoms with Crippen LogP contribution in [0, 0.1) is 25.2 Å². The van der Waals surface area contributed by atoms with Gasteiger partial charge in [-0.25, -0.2) is 4.98 Å². The standard InChI is InChI=1S/C36H46ClN5O7/c1-20-12-21(2)28(24(13-20)47-22(3)43)34(4,5)17-27(44)46-18-35(6)25(48-32(45)23-15-36(16-23)10-8-7-9-11-36)14-26(49-35)42-19-39-29-30(38)40-33(37)41-31(29)42/h12-13,19,23,25-26H,7-11,14-18H2,1-6H3,(H2,38,40,41)/t25-,26+,35+/m0/s1. The summed E-state index contributed by atoms with van der Waals surface area (Å²) < 4.78 is 25.9. The Labute approximate surface area is 291 Å². The van der Waals surface area contributed by atoms with Gasteiger partial charge in [-0.3, -0.25) is 19.0 Å². The van der Waals surface area contributed by atoms with Crippen molar-refractivity contribution in [2.75, 3.05) is 12.3 Å². The van der Waals surface area contributed by atoms with Gasteiger partial charge < -0.3 is 24.7 Å². The molecular weight excluding hydrogens is 650 g/mol. The summed E-state index contributed by atoms with van der Waals surface area (Å²) in [6, 6.07) is 3.79. The molecule has 2 saturated carbocycles. The summed E-state index contributed by atoms with van der Waals surface area (Å²) >= 11 is 6.13. The molecule has 1 aliphatic heterocycles. The summed E-state index contributed by atoms with van der Waals surface area (Å²) in [6.45, 7) is 10.6. The summed E-state index contributed by atoms with van der Waals surface area (Å²) in [4.78, 5) is 51.6. The van der Waals surface area contributed by atoms with Crippen molar-refractivity contribution in [3.8, 4) is 5.75 Å². The molecule has 2 aliphatic carbocycles. The number of rotatable bonds is 9. The summed E-state index contributed by atoms with van der Waals surface area (Å²) in [5.74, 6) is -0.765. The van der Waals surface area contributed by atoms with E-state index in [1.165, 1.54) is 39.0 Å². The number of hydrogen-bond donors (Lipinski definition) is 1. The first kappa shape index (κ1) is 35.1. The zero-order chi connectivity index (χ0) is 35.3. The van der Waals surface area contributed by atoms with Crippen LogP contribution in [0.5, 0.6) is 5.75 Å². The molecule has 0 radical (unpaired) electrons. The van der Waals surface area contributed by atoms with Gasteiger partial charge in [-0.1, -0.05) is 39.2 Å². The number of hydrogen-bond acceptors (Lipinski definition) is 11. The molecule has 2 aromatic heterocycles. The zero-order valence-corrected chi connectivity index (χ0v) is 29.9. The van der Waals surface area contributed by atoms with Crippen LogP contribution in [0.25, 0.3) is 11.2 Å². The fourth-order valence-corrected chi connectivity index (χ4v) is 8.48. The van der Waals surface area contributed by atoms with Crippen LogP contribution in [-0.2, 0) is 34.0 Å². The number of carbonyl (C=O) groups is 3. The lowest BCUT2D eigenvalue weighted by Crippen LogP contribution is -2.48. The number of aryl methyl sites for hydroxylation is 2. The Hall–Kier alpha value is -3.77. The molecule has 0 bridgehead atoms. The maximum Gasteiger partial charge on any atom is 0.309 e. The van der Waals surface area contributed by atoms with Crippen molar-refractivity contribution >= 4 is 46.5 Å². The van der Waals surface area contributed by atoms with Crippen molar-refractivity contribution in [1.29, 1.82) is 0 Å². The molecule has 3 heterocycles. The van der Waals surface area contributed by atoms with Crippen LogP contribution < -0.4 is 10.5 Å². The molecule has 3 fully saturated rings. The molecule has 3 aliphatic rings. The number of ether oxygens (including phenoxy) is 4. The number of fused-ring (bicyclic) bond motifs is 1. The molecule has 3 aromatic rings. The second kappa shape index (κ2) is 13.2. The Morgan fingerprint density at radius 1 is 1.12 bits per heavy atom. The highest BCUT2D eigenvalue weighted by Gasteiger charge is 2.53. The van der Waals surface area contributed by atoms with Gasteiger partial charge in [-0.2, -0.15) is 9.97 Å². The van der Waals surface area contributed by atoms with E-state index in [0.717, 1.165) is 29.5 Å². The minimum Gasteiger partial charge on any atom is -0.462 e. The topological polar surface area (TPSA) is 158 Å².